The van der Waals surface area contributed by atoms with Crippen LogP contribution < -0.4 is 0 Å². The van der Waals surface area contributed by atoms with Crippen molar-refractivity contribution in [1.82, 2.24) is 14.5 Å². The fourth-order valence-corrected chi connectivity index (χ4v) is 2.00. The number of nitrogens with zero attached hydrogens (tertiary/aromatic N) is 3. The summed E-state index contributed by atoms with van der Waals surface area (Å²) < 4.78 is 1.97. The molecule has 0 aliphatic carbocycles. The monoisotopic (exact) mass is 257 g/mol. The zero-order valence-corrected chi connectivity index (χ0v) is 11.6. The largest absolute Gasteiger partial charge is 0.337 e. The highest BCUT2D eigenvalue weighted by Gasteiger charge is 2.11. The number of carbonyl (C=O) groups is 1. The SMILES string of the molecule is Cc1cccc(C(=O)CN(C)Cc2nccn2C)c1. The molecule has 2 aromatic rings. The van der Waals surface area contributed by atoms with Crippen molar-refractivity contribution < 1.29 is 4.79 Å². The van der Waals surface area contributed by atoms with Gasteiger partial charge in [0, 0.05) is 25.0 Å². The summed E-state index contributed by atoms with van der Waals surface area (Å²) in [4.78, 5) is 18.4. The number of aryl methyl sites for hydroxylation is 2. The molecule has 0 unspecified atom stereocenters. The number of ketones is 1. The maximum atomic E-state index is 12.2. The van der Waals surface area contributed by atoms with E-state index in [1.165, 1.54) is 0 Å². The highest BCUT2D eigenvalue weighted by molar-refractivity contribution is 5.97. The molecule has 0 aliphatic heterocycles. The Morgan fingerprint density at radius 1 is 1.42 bits per heavy atom. The summed E-state index contributed by atoms with van der Waals surface area (Å²) in [7, 11) is 3.89. The van der Waals surface area contributed by atoms with E-state index < -0.39 is 0 Å². The zero-order chi connectivity index (χ0) is 13.8. The molecule has 0 spiro atoms. The van der Waals surface area contributed by atoms with Crippen molar-refractivity contribution in [3.8, 4) is 0 Å². The lowest BCUT2D eigenvalue weighted by Gasteiger charge is -2.15. The van der Waals surface area contributed by atoms with Gasteiger partial charge in [-0.1, -0.05) is 23.8 Å². The number of likely N-dealkylation sites (N-methyl/N-ethyl adjacent to an activating group) is 1. The molecule has 1 heterocycles. The third-order valence-electron chi connectivity index (χ3n) is 3.09. The maximum absolute atomic E-state index is 12.2. The van der Waals surface area contributed by atoms with Crippen LogP contribution in [0.15, 0.2) is 36.7 Å². The Labute approximate surface area is 113 Å². The van der Waals surface area contributed by atoms with Gasteiger partial charge in [0.2, 0.25) is 0 Å². The quantitative estimate of drug-likeness (QED) is 0.769. The van der Waals surface area contributed by atoms with Crippen LogP contribution in [-0.2, 0) is 13.6 Å². The molecule has 0 fully saturated rings. The van der Waals surface area contributed by atoms with Gasteiger partial charge < -0.3 is 4.57 Å². The van der Waals surface area contributed by atoms with Crippen molar-refractivity contribution in [3.63, 3.8) is 0 Å². The first kappa shape index (κ1) is 13.5. The fraction of sp³-hybridized carbons (Fsp3) is 0.333. The first-order valence-electron chi connectivity index (χ1n) is 6.31. The number of aromatic nitrogens is 2. The van der Waals surface area contributed by atoms with Gasteiger partial charge >= 0.3 is 0 Å². The predicted molar refractivity (Wildman–Crippen MR) is 75.1 cm³/mol. The minimum Gasteiger partial charge on any atom is -0.337 e. The number of imidazole rings is 1. The van der Waals surface area contributed by atoms with E-state index in [0.29, 0.717) is 13.1 Å². The topological polar surface area (TPSA) is 38.1 Å². The highest BCUT2D eigenvalue weighted by Crippen LogP contribution is 2.07. The molecule has 0 atom stereocenters. The second kappa shape index (κ2) is 5.80. The van der Waals surface area contributed by atoms with E-state index in [4.69, 9.17) is 0 Å². The molecule has 0 aliphatic rings. The van der Waals surface area contributed by atoms with Crippen molar-refractivity contribution in [3.05, 3.63) is 53.6 Å². The van der Waals surface area contributed by atoms with Gasteiger partial charge in [-0.25, -0.2) is 4.98 Å². The van der Waals surface area contributed by atoms with E-state index in [1.54, 1.807) is 6.20 Å². The van der Waals surface area contributed by atoms with Crippen LogP contribution in [0.4, 0.5) is 0 Å². The summed E-state index contributed by atoms with van der Waals surface area (Å²) in [5, 5.41) is 0. The molecular weight excluding hydrogens is 238 g/mol. The van der Waals surface area contributed by atoms with E-state index in [-0.39, 0.29) is 5.78 Å². The van der Waals surface area contributed by atoms with Crippen molar-refractivity contribution >= 4 is 5.78 Å². The molecule has 2 rings (SSSR count). The average Bonchev–Trinajstić information content (AvgIpc) is 2.75. The molecule has 4 nitrogen and oxygen atoms in total. The van der Waals surface area contributed by atoms with Crippen LogP contribution in [0.25, 0.3) is 0 Å². The zero-order valence-electron chi connectivity index (χ0n) is 11.6. The molecular formula is C15H19N3O. The molecule has 4 heteroatoms. The number of carbonyl (C=O) groups excluding carboxylic acids is 1. The lowest BCUT2D eigenvalue weighted by atomic mass is 10.1. The molecule has 0 amide bonds. The smallest absolute Gasteiger partial charge is 0.176 e. The van der Waals surface area contributed by atoms with Crippen molar-refractivity contribution in [2.45, 2.75) is 13.5 Å². The molecule has 0 N–H and O–H groups in total. The van der Waals surface area contributed by atoms with E-state index in [2.05, 4.69) is 4.98 Å². The van der Waals surface area contributed by atoms with Crippen LogP contribution in [0.5, 0.6) is 0 Å². The number of hydrogen-bond acceptors (Lipinski definition) is 3. The normalized spacial score (nSPS) is 10.9. The first-order valence-corrected chi connectivity index (χ1v) is 6.31. The van der Waals surface area contributed by atoms with Gasteiger partial charge in [-0.15, -0.1) is 0 Å². The Balaban J connectivity index is 1.97. The Morgan fingerprint density at radius 3 is 2.84 bits per heavy atom. The second-order valence-corrected chi connectivity index (χ2v) is 4.92. The van der Waals surface area contributed by atoms with E-state index >= 15 is 0 Å². The summed E-state index contributed by atoms with van der Waals surface area (Å²) in [5.74, 6) is 1.10. The van der Waals surface area contributed by atoms with E-state index in [1.807, 2.05) is 60.9 Å². The summed E-state index contributed by atoms with van der Waals surface area (Å²) >= 11 is 0. The molecule has 0 saturated carbocycles. The molecule has 0 bridgehead atoms. The standard InChI is InChI=1S/C15H19N3O/c1-12-5-4-6-13(9-12)14(19)10-17(2)11-15-16-7-8-18(15)3/h4-9H,10-11H2,1-3H3. The van der Waals surface area contributed by atoms with Gasteiger partial charge in [0.1, 0.15) is 5.82 Å². The lowest BCUT2D eigenvalue weighted by Crippen LogP contribution is -2.26. The van der Waals surface area contributed by atoms with Gasteiger partial charge in [-0.2, -0.15) is 0 Å². The van der Waals surface area contributed by atoms with Gasteiger partial charge in [0.25, 0.3) is 0 Å². The average molecular weight is 257 g/mol. The van der Waals surface area contributed by atoms with Gasteiger partial charge in [-0.3, -0.25) is 9.69 Å². The molecule has 100 valence electrons. The third kappa shape index (κ3) is 3.51. The van der Waals surface area contributed by atoms with Crippen molar-refractivity contribution in [1.29, 1.82) is 0 Å². The number of Topliss-reactive ketones (excluding diaryl/α,β-unsaturated/α-hetero) is 1. The minimum atomic E-state index is 0.139. The Morgan fingerprint density at radius 2 is 2.21 bits per heavy atom. The van der Waals surface area contributed by atoms with Crippen molar-refractivity contribution in [2.24, 2.45) is 7.05 Å². The van der Waals surface area contributed by atoms with Gasteiger partial charge in [0.05, 0.1) is 13.1 Å². The van der Waals surface area contributed by atoms with E-state index in [9.17, 15) is 4.79 Å². The summed E-state index contributed by atoms with van der Waals surface area (Å²) in [6, 6.07) is 7.70. The number of benzene rings is 1. The Bertz CT molecular complexity index is 574. The summed E-state index contributed by atoms with van der Waals surface area (Å²) in [6.07, 6.45) is 3.68. The molecule has 1 aromatic heterocycles. The summed E-state index contributed by atoms with van der Waals surface area (Å²) in [6.45, 7) is 3.06. The van der Waals surface area contributed by atoms with Crippen LogP contribution in [0.3, 0.4) is 0 Å². The Hall–Kier alpha value is -1.94. The minimum absolute atomic E-state index is 0.139. The van der Waals surface area contributed by atoms with Crippen LogP contribution >= 0.6 is 0 Å². The van der Waals surface area contributed by atoms with Crippen LogP contribution in [0.1, 0.15) is 21.7 Å². The third-order valence-corrected chi connectivity index (χ3v) is 3.09. The van der Waals surface area contributed by atoms with Gasteiger partial charge in [0.15, 0.2) is 5.78 Å². The fourth-order valence-electron chi connectivity index (χ4n) is 2.00. The first-order chi connectivity index (χ1) is 9.06. The second-order valence-electron chi connectivity index (χ2n) is 4.92. The molecule has 0 radical (unpaired) electrons. The molecule has 0 saturated heterocycles. The van der Waals surface area contributed by atoms with Crippen LogP contribution in [0.2, 0.25) is 0 Å². The predicted octanol–water partition coefficient (Wildman–Crippen LogP) is 2.04. The number of rotatable bonds is 5. The number of hydrogen-bond donors (Lipinski definition) is 0. The van der Waals surface area contributed by atoms with Crippen molar-refractivity contribution in [2.75, 3.05) is 13.6 Å². The Kier molecular flexibility index (Phi) is 4.12. The van der Waals surface area contributed by atoms with E-state index in [0.717, 1.165) is 17.0 Å². The lowest BCUT2D eigenvalue weighted by molar-refractivity contribution is 0.0941. The van der Waals surface area contributed by atoms with Crippen LogP contribution in [0, 0.1) is 6.92 Å². The highest BCUT2D eigenvalue weighted by atomic mass is 16.1. The molecule has 19 heavy (non-hydrogen) atoms. The summed E-state index contributed by atoms with van der Waals surface area (Å²) in [5.41, 5.74) is 1.88. The maximum Gasteiger partial charge on any atom is 0.176 e. The van der Waals surface area contributed by atoms with Gasteiger partial charge in [-0.05, 0) is 20.0 Å². The molecule has 1 aromatic carbocycles. The van der Waals surface area contributed by atoms with Crippen LogP contribution in [-0.4, -0.2) is 33.8 Å².